The van der Waals surface area contributed by atoms with Gasteiger partial charge in [-0.1, -0.05) is 13.3 Å². The summed E-state index contributed by atoms with van der Waals surface area (Å²) in [5.41, 5.74) is 2.60. The average molecular weight is 324 g/mol. The van der Waals surface area contributed by atoms with Crippen molar-refractivity contribution in [3.63, 3.8) is 0 Å². The number of ether oxygens (including phenoxy) is 1. The molecule has 0 bridgehead atoms. The van der Waals surface area contributed by atoms with Gasteiger partial charge in [0.25, 0.3) is 5.91 Å². The molecule has 6 heteroatoms. The number of rotatable bonds is 4. The van der Waals surface area contributed by atoms with E-state index in [9.17, 15) is 9.59 Å². The van der Waals surface area contributed by atoms with Gasteiger partial charge < -0.3 is 14.6 Å². The van der Waals surface area contributed by atoms with Crippen molar-refractivity contribution >= 4 is 23.6 Å². The molecule has 0 atom stereocenters. The molecule has 2 heterocycles. The van der Waals surface area contributed by atoms with E-state index < -0.39 is 0 Å². The zero-order valence-electron chi connectivity index (χ0n) is 13.5. The third-order valence-electron chi connectivity index (χ3n) is 3.90. The summed E-state index contributed by atoms with van der Waals surface area (Å²) in [6.07, 6.45) is 2.58. The summed E-state index contributed by atoms with van der Waals surface area (Å²) in [5, 5.41) is 0. The number of thioether (sulfide) groups is 1. The lowest BCUT2D eigenvalue weighted by atomic mass is 10.0. The molecule has 0 spiro atoms. The van der Waals surface area contributed by atoms with Crippen LogP contribution in [0.1, 0.15) is 51.9 Å². The molecule has 0 aliphatic carbocycles. The minimum atomic E-state index is -0.373. The topological polar surface area (TPSA) is 62.4 Å². The first-order chi connectivity index (χ1) is 10.6. The van der Waals surface area contributed by atoms with Crippen LogP contribution in [0.15, 0.2) is 0 Å². The lowest BCUT2D eigenvalue weighted by Gasteiger charge is -2.20. The molecule has 1 saturated heterocycles. The van der Waals surface area contributed by atoms with Gasteiger partial charge in [-0.15, -0.1) is 0 Å². The quantitative estimate of drug-likeness (QED) is 0.865. The molecule has 0 radical (unpaired) electrons. The van der Waals surface area contributed by atoms with E-state index in [-0.39, 0.29) is 11.9 Å². The van der Waals surface area contributed by atoms with Gasteiger partial charge in [0, 0.05) is 24.5 Å². The lowest BCUT2D eigenvalue weighted by molar-refractivity contribution is 0.0599. The van der Waals surface area contributed by atoms with Gasteiger partial charge in [-0.3, -0.25) is 4.79 Å². The number of methoxy groups -OCH3 is 1. The smallest absolute Gasteiger partial charge is 0.339 e. The van der Waals surface area contributed by atoms with Crippen molar-refractivity contribution in [2.75, 3.05) is 31.7 Å². The number of aromatic amines is 1. The Labute approximate surface area is 135 Å². The standard InChI is InChI=1S/C16H24N2O3S/c1-4-6-12-13(16(20)21-3)11(2)17-14(12)15(19)18-7-5-9-22-10-8-18/h17H,4-10H2,1-3H3. The van der Waals surface area contributed by atoms with Crippen molar-refractivity contribution in [1.82, 2.24) is 9.88 Å². The molecule has 1 amide bonds. The van der Waals surface area contributed by atoms with E-state index in [2.05, 4.69) is 4.98 Å². The molecule has 1 aliphatic rings. The molecule has 1 aromatic rings. The maximum absolute atomic E-state index is 12.9. The number of amides is 1. The summed E-state index contributed by atoms with van der Waals surface area (Å²) in [5.74, 6) is 1.70. The highest BCUT2D eigenvalue weighted by Gasteiger charge is 2.27. The average Bonchev–Trinajstić information content (AvgIpc) is 2.71. The number of carbonyl (C=O) groups excluding carboxylic acids is 2. The normalized spacial score (nSPS) is 15.5. The molecule has 1 aromatic heterocycles. The highest BCUT2D eigenvalue weighted by molar-refractivity contribution is 7.99. The third-order valence-corrected chi connectivity index (χ3v) is 4.95. The van der Waals surface area contributed by atoms with E-state index >= 15 is 0 Å². The van der Waals surface area contributed by atoms with Crippen molar-refractivity contribution in [2.24, 2.45) is 0 Å². The molecule has 122 valence electrons. The number of H-pyrrole nitrogens is 1. The first-order valence-corrected chi connectivity index (χ1v) is 8.92. The van der Waals surface area contributed by atoms with E-state index in [1.165, 1.54) is 7.11 Å². The second kappa shape index (κ2) is 7.72. The Kier molecular flexibility index (Phi) is 5.94. The Bertz CT molecular complexity index is 546. The first-order valence-electron chi connectivity index (χ1n) is 7.76. The number of aromatic nitrogens is 1. The van der Waals surface area contributed by atoms with Crippen molar-refractivity contribution in [3.8, 4) is 0 Å². The van der Waals surface area contributed by atoms with Crippen molar-refractivity contribution in [2.45, 2.75) is 33.1 Å². The van der Waals surface area contributed by atoms with E-state index in [4.69, 9.17) is 4.74 Å². The van der Waals surface area contributed by atoms with Crippen LogP contribution < -0.4 is 0 Å². The maximum Gasteiger partial charge on any atom is 0.339 e. The van der Waals surface area contributed by atoms with Crippen molar-refractivity contribution in [1.29, 1.82) is 0 Å². The molecule has 22 heavy (non-hydrogen) atoms. The van der Waals surface area contributed by atoms with Gasteiger partial charge in [0.15, 0.2) is 0 Å². The fourth-order valence-corrected chi connectivity index (χ4v) is 3.73. The monoisotopic (exact) mass is 324 g/mol. The van der Waals surface area contributed by atoms with Crippen LogP contribution >= 0.6 is 11.8 Å². The number of carbonyl (C=O) groups is 2. The highest BCUT2D eigenvalue weighted by Crippen LogP contribution is 2.24. The van der Waals surface area contributed by atoms with Crippen LogP contribution in [0.3, 0.4) is 0 Å². The molecular weight excluding hydrogens is 300 g/mol. The largest absolute Gasteiger partial charge is 0.465 e. The van der Waals surface area contributed by atoms with Crippen LogP contribution in [0.25, 0.3) is 0 Å². The molecule has 0 unspecified atom stereocenters. The molecule has 0 saturated carbocycles. The van der Waals surface area contributed by atoms with E-state index in [1.54, 1.807) is 0 Å². The summed E-state index contributed by atoms with van der Waals surface area (Å²) in [7, 11) is 1.37. The zero-order chi connectivity index (χ0) is 16.1. The van der Waals surface area contributed by atoms with Crippen LogP contribution in [0.2, 0.25) is 0 Å². The molecule has 1 N–H and O–H groups in total. The summed E-state index contributed by atoms with van der Waals surface area (Å²) in [6, 6.07) is 0. The SMILES string of the molecule is CCCc1c(C(=O)N2CCCSCC2)[nH]c(C)c1C(=O)OC. The molecule has 2 rings (SSSR count). The number of hydrogen-bond donors (Lipinski definition) is 1. The van der Waals surface area contributed by atoms with Crippen LogP contribution in [-0.4, -0.2) is 53.5 Å². The van der Waals surface area contributed by atoms with Crippen LogP contribution in [0.5, 0.6) is 0 Å². The van der Waals surface area contributed by atoms with Gasteiger partial charge in [0.05, 0.1) is 12.7 Å². The van der Waals surface area contributed by atoms with E-state index in [1.807, 2.05) is 30.5 Å². The Morgan fingerprint density at radius 3 is 2.77 bits per heavy atom. The van der Waals surface area contributed by atoms with Gasteiger partial charge in [-0.25, -0.2) is 4.79 Å². The van der Waals surface area contributed by atoms with Crippen molar-refractivity contribution in [3.05, 3.63) is 22.5 Å². The fraction of sp³-hybridized carbons (Fsp3) is 0.625. The maximum atomic E-state index is 12.9. The van der Waals surface area contributed by atoms with Crippen LogP contribution in [-0.2, 0) is 11.2 Å². The Morgan fingerprint density at radius 2 is 2.09 bits per heavy atom. The Balaban J connectivity index is 2.36. The van der Waals surface area contributed by atoms with Crippen LogP contribution in [0.4, 0.5) is 0 Å². The predicted molar refractivity (Wildman–Crippen MR) is 88.7 cm³/mol. The van der Waals surface area contributed by atoms with Gasteiger partial charge in [-0.05, 0) is 31.1 Å². The molecular formula is C16H24N2O3S. The van der Waals surface area contributed by atoms with Crippen molar-refractivity contribution < 1.29 is 14.3 Å². The minimum absolute atomic E-state index is 0.00389. The molecule has 0 aromatic carbocycles. The highest BCUT2D eigenvalue weighted by atomic mass is 32.2. The number of nitrogens with zero attached hydrogens (tertiary/aromatic N) is 1. The second-order valence-electron chi connectivity index (χ2n) is 5.48. The van der Waals surface area contributed by atoms with Gasteiger partial charge >= 0.3 is 5.97 Å². The Morgan fingerprint density at radius 1 is 1.32 bits per heavy atom. The van der Waals surface area contributed by atoms with Gasteiger partial charge in [0.2, 0.25) is 0 Å². The number of esters is 1. The number of aryl methyl sites for hydroxylation is 1. The fourth-order valence-electron chi connectivity index (χ4n) is 2.84. The van der Waals surface area contributed by atoms with E-state index in [0.29, 0.717) is 23.4 Å². The molecule has 5 nitrogen and oxygen atoms in total. The summed E-state index contributed by atoms with van der Waals surface area (Å²) in [6.45, 7) is 5.41. The predicted octanol–water partition coefficient (Wildman–Crippen LogP) is 2.64. The lowest BCUT2D eigenvalue weighted by Crippen LogP contribution is -2.33. The van der Waals surface area contributed by atoms with Gasteiger partial charge in [-0.2, -0.15) is 11.8 Å². The molecule has 1 aliphatic heterocycles. The third kappa shape index (κ3) is 3.48. The summed E-state index contributed by atoms with van der Waals surface area (Å²) >= 11 is 1.89. The zero-order valence-corrected chi connectivity index (χ0v) is 14.3. The first kappa shape index (κ1) is 16.9. The van der Waals surface area contributed by atoms with Gasteiger partial charge in [0.1, 0.15) is 5.69 Å². The Hall–Kier alpha value is -1.43. The summed E-state index contributed by atoms with van der Waals surface area (Å²) in [4.78, 5) is 29.9. The molecule has 1 fully saturated rings. The summed E-state index contributed by atoms with van der Waals surface area (Å²) < 4.78 is 4.88. The van der Waals surface area contributed by atoms with E-state index in [0.717, 1.165) is 43.0 Å². The number of nitrogens with one attached hydrogen (secondary N) is 1. The second-order valence-corrected chi connectivity index (χ2v) is 6.70. The minimum Gasteiger partial charge on any atom is -0.465 e. The van der Waals surface area contributed by atoms with Crippen LogP contribution in [0, 0.1) is 6.92 Å². The number of hydrogen-bond acceptors (Lipinski definition) is 4.